The largest absolute Gasteiger partial charge is 0.452 e. The minimum Gasteiger partial charge on any atom is -0.452 e. The summed E-state index contributed by atoms with van der Waals surface area (Å²) in [5.74, 6) is -0.396. The molecule has 0 N–H and O–H groups in total. The van der Waals surface area contributed by atoms with Crippen LogP contribution in [0.1, 0.15) is 32.2 Å². The van der Waals surface area contributed by atoms with Gasteiger partial charge in [0.1, 0.15) is 11.2 Å². The number of furan rings is 2. The Labute approximate surface area is 123 Å². The molecule has 1 aliphatic carbocycles. The Morgan fingerprint density at radius 2 is 1.00 bits per heavy atom. The first-order chi connectivity index (χ1) is 10.8. The number of ketones is 2. The van der Waals surface area contributed by atoms with Gasteiger partial charge in [-0.3, -0.25) is 9.59 Å². The maximum atomic E-state index is 12.8. The third kappa shape index (κ3) is 1.22. The number of hydrogen-bond acceptors (Lipinski definition) is 4. The molecule has 1 aliphatic rings. The minimum absolute atomic E-state index is 0.102. The van der Waals surface area contributed by atoms with Crippen LogP contribution >= 0.6 is 0 Å². The molecule has 0 amide bonds. The van der Waals surface area contributed by atoms with E-state index in [1.807, 2.05) is 12.1 Å². The lowest BCUT2D eigenvalue weighted by Crippen LogP contribution is -2.17. The van der Waals surface area contributed by atoms with E-state index in [1.54, 1.807) is 36.4 Å². The second kappa shape index (κ2) is 3.74. The molecule has 2 heterocycles. The molecule has 2 aromatic heterocycles. The number of carbonyl (C=O) groups is 2. The predicted molar refractivity (Wildman–Crippen MR) is 79.3 cm³/mol. The predicted octanol–water partition coefficient (Wildman–Crippen LogP) is 3.95. The average Bonchev–Trinajstić information content (AvgIpc) is 3.12. The number of hydrogen-bond donors (Lipinski definition) is 0. The summed E-state index contributed by atoms with van der Waals surface area (Å²) in [7, 11) is 0. The van der Waals surface area contributed by atoms with Crippen molar-refractivity contribution in [3.05, 3.63) is 71.2 Å². The van der Waals surface area contributed by atoms with Crippen molar-refractivity contribution >= 4 is 33.5 Å². The highest BCUT2D eigenvalue weighted by Gasteiger charge is 2.39. The fourth-order valence-corrected chi connectivity index (χ4v) is 3.09. The molecule has 0 atom stereocenters. The SMILES string of the molecule is O=C1c2oc3ccccc3c2C(=O)c2oc3ccccc3c21. The van der Waals surface area contributed by atoms with Crippen molar-refractivity contribution in [1.29, 1.82) is 0 Å². The van der Waals surface area contributed by atoms with E-state index in [1.165, 1.54) is 0 Å². The fraction of sp³-hybridized carbons (Fsp3) is 0. The molecule has 0 spiro atoms. The van der Waals surface area contributed by atoms with E-state index in [4.69, 9.17) is 8.83 Å². The van der Waals surface area contributed by atoms with Crippen LogP contribution in [0.25, 0.3) is 21.9 Å². The van der Waals surface area contributed by atoms with Gasteiger partial charge in [-0.25, -0.2) is 0 Å². The Hall–Kier alpha value is -3.14. The van der Waals surface area contributed by atoms with Crippen LogP contribution in [0.4, 0.5) is 0 Å². The Bertz CT molecular complexity index is 1020. The van der Waals surface area contributed by atoms with Crippen molar-refractivity contribution < 1.29 is 18.4 Å². The number of para-hydroxylation sites is 2. The second-order valence-corrected chi connectivity index (χ2v) is 5.26. The van der Waals surface area contributed by atoms with Crippen LogP contribution in [-0.4, -0.2) is 11.6 Å². The van der Waals surface area contributed by atoms with Gasteiger partial charge in [-0.15, -0.1) is 0 Å². The summed E-state index contributed by atoms with van der Waals surface area (Å²) in [6, 6.07) is 14.3. The molecule has 0 saturated carbocycles. The molecule has 0 radical (unpaired) electrons. The van der Waals surface area contributed by atoms with Crippen molar-refractivity contribution in [2.24, 2.45) is 0 Å². The van der Waals surface area contributed by atoms with Gasteiger partial charge >= 0.3 is 0 Å². The third-order valence-electron chi connectivity index (χ3n) is 4.06. The van der Waals surface area contributed by atoms with E-state index in [0.29, 0.717) is 33.1 Å². The van der Waals surface area contributed by atoms with Crippen LogP contribution < -0.4 is 0 Å². The highest BCUT2D eigenvalue weighted by Crippen LogP contribution is 2.38. The average molecular weight is 288 g/mol. The van der Waals surface area contributed by atoms with Crippen molar-refractivity contribution in [3.8, 4) is 0 Å². The summed E-state index contributed by atoms with van der Waals surface area (Å²) in [6.45, 7) is 0. The molecule has 104 valence electrons. The van der Waals surface area contributed by atoms with Gasteiger partial charge in [0.05, 0.1) is 11.1 Å². The van der Waals surface area contributed by atoms with Gasteiger partial charge in [-0.05, 0) is 12.1 Å². The van der Waals surface area contributed by atoms with Crippen molar-refractivity contribution in [3.63, 3.8) is 0 Å². The molecule has 2 aromatic carbocycles. The maximum Gasteiger partial charge on any atom is 0.233 e. The number of benzene rings is 2. The van der Waals surface area contributed by atoms with Crippen LogP contribution in [-0.2, 0) is 0 Å². The zero-order chi connectivity index (χ0) is 14.8. The van der Waals surface area contributed by atoms with Crippen molar-refractivity contribution in [2.45, 2.75) is 0 Å². The van der Waals surface area contributed by atoms with Gasteiger partial charge in [-0.2, -0.15) is 0 Å². The zero-order valence-electron chi connectivity index (χ0n) is 11.3. The van der Waals surface area contributed by atoms with E-state index in [-0.39, 0.29) is 23.1 Å². The zero-order valence-corrected chi connectivity index (χ0v) is 11.3. The lowest BCUT2D eigenvalue weighted by atomic mass is 9.91. The first-order valence-electron chi connectivity index (χ1n) is 6.88. The molecule has 0 unspecified atom stereocenters. The molecule has 22 heavy (non-hydrogen) atoms. The van der Waals surface area contributed by atoms with Gasteiger partial charge in [0, 0.05) is 10.8 Å². The number of rotatable bonds is 0. The quantitative estimate of drug-likeness (QED) is 0.433. The Kier molecular flexibility index (Phi) is 1.96. The van der Waals surface area contributed by atoms with Crippen LogP contribution in [0.15, 0.2) is 57.4 Å². The van der Waals surface area contributed by atoms with Crippen LogP contribution in [0.5, 0.6) is 0 Å². The van der Waals surface area contributed by atoms with Gasteiger partial charge in [0.2, 0.25) is 11.6 Å². The minimum atomic E-state index is -0.300. The van der Waals surface area contributed by atoms with E-state index in [9.17, 15) is 9.59 Å². The van der Waals surface area contributed by atoms with Crippen LogP contribution in [0, 0.1) is 0 Å². The highest BCUT2D eigenvalue weighted by molar-refractivity contribution is 6.33. The first kappa shape index (κ1) is 11.5. The summed E-state index contributed by atoms with van der Waals surface area (Å²) in [6.07, 6.45) is 0. The summed E-state index contributed by atoms with van der Waals surface area (Å²) in [5, 5.41) is 1.28. The lowest BCUT2D eigenvalue weighted by molar-refractivity contribution is 0.0947. The highest BCUT2D eigenvalue weighted by atomic mass is 16.4. The standard InChI is InChI=1S/C18H8O4/c19-15-13-9-5-1-3-7-11(9)21-17(13)16(20)14-10-6-2-4-8-12(10)22-18(14)15/h1-8H. The molecule has 0 bridgehead atoms. The van der Waals surface area contributed by atoms with Gasteiger partial charge in [0.25, 0.3) is 0 Å². The third-order valence-corrected chi connectivity index (χ3v) is 4.06. The van der Waals surface area contributed by atoms with Crippen molar-refractivity contribution in [1.82, 2.24) is 0 Å². The van der Waals surface area contributed by atoms with Gasteiger partial charge in [-0.1, -0.05) is 36.4 Å². The van der Waals surface area contributed by atoms with Gasteiger partial charge < -0.3 is 8.83 Å². The normalized spacial score (nSPS) is 13.6. The second-order valence-electron chi connectivity index (χ2n) is 5.26. The smallest absolute Gasteiger partial charge is 0.233 e. The van der Waals surface area contributed by atoms with Gasteiger partial charge in [0.15, 0.2) is 11.5 Å². The summed E-state index contributed by atoms with van der Waals surface area (Å²) >= 11 is 0. The van der Waals surface area contributed by atoms with Crippen LogP contribution in [0.2, 0.25) is 0 Å². The molecule has 5 rings (SSSR count). The molecule has 4 aromatic rings. The topological polar surface area (TPSA) is 60.4 Å². The molecule has 0 fully saturated rings. The number of carbonyl (C=O) groups excluding carboxylic acids is 2. The van der Waals surface area contributed by atoms with Crippen LogP contribution in [0.3, 0.4) is 0 Å². The summed E-state index contributed by atoms with van der Waals surface area (Å²) in [4.78, 5) is 25.6. The molecule has 4 heteroatoms. The monoisotopic (exact) mass is 288 g/mol. The lowest BCUT2D eigenvalue weighted by Gasteiger charge is -2.07. The maximum absolute atomic E-state index is 12.8. The van der Waals surface area contributed by atoms with E-state index >= 15 is 0 Å². The molecular formula is C18H8O4. The molecule has 0 aliphatic heterocycles. The fourth-order valence-electron chi connectivity index (χ4n) is 3.09. The summed E-state index contributed by atoms with van der Waals surface area (Å²) in [5.41, 5.74) is 1.66. The summed E-state index contributed by atoms with van der Waals surface area (Å²) < 4.78 is 11.3. The van der Waals surface area contributed by atoms with E-state index in [2.05, 4.69) is 0 Å². The Balaban J connectivity index is 1.93. The molecule has 0 saturated heterocycles. The van der Waals surface area contributed by atoms with E-state index < -0.39 is 0 Å². The first-order valence-corrected chi connectivity index (χ1v) is 6.88. The van der Waals surface area contributed by atoms with Crippen molar-refractivity contribution in [2.75, 3.05) is 0 Å². The Morgan fingerprint density at radius 1 is 0.591 bits per heavy atom. The molecule has 4 nitrogen and oxygen atoms in total. The van der Waals surface area contributed by atoms with E-state index in [0.717, 1.165) is 0 Å². The Morgan fingerprint density at radius 3 is 1.45 bits per heavy atom. The molecular weight excluding hydrogens is 280 g/mol. The number of fused-ring (bicyclic) bond motifs is 6.